The number of hydrogen-bond acceptors (Lipinski definition) is 3. The maximum absolute atomic E-state index is 10.2. The number of amides is 1. The van der Waals surface area contributed by atoms with E-state index < -0.39 is 5.91 Å². The molecule has 0 bridgehead atoms. The number of carbonyl (C=O) groups is 1. The van der Waals surface area contributed by atoms with Gasteiger partial charge in [0.05, 0.1) is 0 Å². The van der Waals surface area contributed by atoms with Gasteiger partial charge in [-0.15, -0.1) is 11.3 Å². The summed E-state index contributed by atoms with van der Waals surface area (Å²) in [4.78, 5) is 13.9. The third-order valence-corrected chi connectivity index (χ3v) is 1.43. The smallest absolute Gasteiger partial charge is 0.277 e. The van der Waals surface area contributed by atoms with Gasteiger partial charge < -0.3 is 5.73 Å². The van der Waals surface area contributed by atoms with E-state index in [-0.39, 0.29) is 51.4 Å². The van der Waals surface area contributed by atoms with E-state index in [1.165, 1.54) is 11.3 Å². The van der Waals surface area contributed by atoms with Crippen molar-refractivity contribution < 1.29 is 4.79 Å². The minimum atomic E-state index is -0.458. The summed E-state index contributed by atoms with van der Waals surface area (Å²) in [6.07, 6.45) is 1.55. The minimum Gasteiger partial charge on any atom is -0.364 e. The van der Waals surface area contributed by atoms with Crippen LogP contribution >= 0.6 is 11.3 Å². The van der Waals surface area contributed by atoms with Gasteiger partial charge in [0.15, 0.2) is 5.01 Å². The Labute approximate surface area is 99.1 Å². The number of nitrogens with two attached hydrogens (primary N) is 1. The Morgan fingerprint density at radius 1 is 1.78 bits per heavy atom. The predicted octanol–water partition coefficient (Wildman–Crippen LogP) is -0.139. The van der Waals surface area contributed by atoms with Crippen molar-refractivity contribution in [1.82, 2.24) is 4.98 Å². The quantitative estimate of drug-likeness (QED) is 0.592. The van der Waals surface area contributed by atoms with Crippen LogP contribution in [0.2, 0.25) is 0 Å². The van der Waals surface area contributed by atoms with E-state index in [4.69, 9.17) is 5.73 Å². The van der Waals surface area contributed by atoms with Crippen LogP contribution in [0.1, 0.15) is 9.80 Å². The molecule has 1 heterocycles. The number of primary amides is 1. The van der Waals surface area contributed by atoms with Crippen LogP contribution in [-0.4, -0.2) is 62.3 Å². The fourth-order valence-corrected chi connectivity index (χ4v) is 0.834. The molecule has 0 spiro atoms. The molecule has 0 saturated carbocycles. The number of hydrogen-bond donors (Lipinski definition) is 1. The average molecular weight is 167 g/mol. The third kappa shape index (κ3) is 2.88. The Morgan fingerprint density at radius 3 is 2.67 bits per heavy atom. The SMILES string of the molecule is NC(=O)c1nccs1.[K]. The van der Waals surface area contributed by atoms with Crippen molar-refractivity contribution in [3.8, 4) is 0 Å². The van der Waals surface area contributed by atoms with Crippen LogP contribution < -0.4 is 5.73 Å². The maximum Gasteiger partial charge on any atom is 0.277 e. The van der Waals surface area contributed by atoms with Gasteiger partial charge in [0.25, 0.3) is 5.91 Å². The molecule has 9 heavy (non-hydrogen) atoms. The zero-order chi connectivity index (χ0) is 5.98. The van der Waals surface area contributed by atoms with Crippen molar-refractivity contribution in [1.29, 1.82) is 0 Å². The molecule has 0 aromatic carbocycles. The molecule has 0 aliphatic carbocycles. The molecule has 0 saturated heterocycles. The molecule has 1 aromatic rings. The van der Waals surface area contributed by atoms with Crippen molar-refractivity contribution in [2.75, 3.05) is 0 Å². The van der Waals surface area contributed by atoms with Gasteiger partial charge >= 0.3 is 0 Å². The summed E-state index contributed by atoms with van der Waals surface area (Å²) in [7, 11) is 0. The van der Waals surface area contributed by atoms with Gasteiger partial charge in [-0.1, -0.05) is 0 Å². The summed E-state index contributed by atoms with van der Waals surface area (Å²) in [6, 6.07) is 0. The summed E-state index contributed by atoms with van der Waals surface area (Å²) in [5, 5.41) is 2.07. The Kier molecular flexibility index (Phi) is 4.91. The van der Waals surface area contributed by atoms with Crippen molar-refractivity contribution in [2.24, 2.45) is 5.73 Å². The van der Waals surface area contributed by atoms with Gasteiger partial charge in [0.2, 0.25) is 0 Å². The van der Waals surface area contributed by atoms with E-state index in [0.29, 0.717) is 5.01 Å². The van der Waals surface area contributed by atoms with E-state index in [2.05, 4.69) is 4.98 Å². The predicted molar refractivity (Wildman–Crippen MR) is 36.4 cm³/mol. The molecule has 0 aliphatic heterocycles. The topological polar surface area (TPSA) is 56.0 Å². The second-order valence-electron chi connectivity index (χ2n) is 1.20. The summed E-state index contributed by atoms with van der Waals surface area (Å²) in [6.45, 7) is 0. The first-order valence-corrected chi connectivity index (χ1v) is 2.88. The summed E-state index contributed by atoms with van der Waals surface area (Å²) < 4.78 is 0. The number of carbonyl (C=O) groups excluding carboxylic acids is 1. The van der Waals surface area contributed by atoms with E-state index in [0.717, 1.165) is 0 Å². The monoisotopic (exact) mass is 167 g/mol. The molecule has 43 valence electrons. The molecule has 1 aromatic heterocycles. The summed E-state index contributed by atoms with van der Waals surface area (Å²) in [5.41, 5.74) is 4.87. The molecule has 1 rings (SSSR count). The Bertz CT molecular complexity index is 186. The first kappa shape index (κ1) is 9.74. The number of aromatic nitrogens is 1. The Hall–Kier alpha value is 0.736. The molecule has 0 atom stereocenters. The van der Waals surface area contributed by atoms with Gasteiger partial charge in [-0.25, -0.2) is 4.98 Å². The van der Waals surface area contributed by atoms with Crippen LogP contribution in [0.25, 0.3) is 0 Å². The van der Waals surface area contributed by atoms with E-state index >= 15 is 0 Å². The zero-order valence-corrected chi connectivity index (χ0v) is 8.94. The van der Waals surface area contributed by atoms with Gasteiger partial charge in [-0.05, 0) is 0 Å². The van der Waals surface area contributed by atoms with Crippen LogP contribution in [0.4, 0.5) is 0 Å². The van der Waals surface area contributed by atoms with Crippen LogP contribution in [0.5, 0.6) is 0 Å². The van der Waals surface area contributed by atoms with E-state index in [1.807, 2.05) is 0 Å². The fourth-order valence-electron chi connectivity index (χ4n) is 0.345. The molecule has 2 N–H and O–H groups in total. The Morgan fingerprint density at radius 2 is 2.44 bits per heavy atom. The first-order valence-electron chi connectivity index (χ1n) is 2.00. The van der Waals surface area contributed by atoms with Gasteiger partial charge in [0, 0.05) is 63.0 Å². The van der Waals surface area contributed by atoms with Crippen LogP contribution in [0, 0.1) is 0 Å². The van der Waals surface area contributed by atoms with Crippen molar-refractivity contribution in [3.63, 3.8) is 0 Å². The normalized spacial score (nSPS) is 8.00. The third-order valence-electron chi connectivity index (χ3n) is 0.643. The molecule has 1 amide bonds. The van der Waals surface area contributed by atoms with Crippen molar-refractivity contribution in [3.05, 3.63) is 16.6 Å². The number of nitrogens with zero attached hydrogens (tertiary/aromatic N) is 1. The maximum atomic E-state index is 10.2. The molecule has 0 fully saturated rings. The van der Waals surface area contributed by atoms with Crippen LogP contribution in [0.3, 0.4) is 0 Å². The number of rotatable bonds is 1. The molecule has 1 radical (unpaired) electrons. The zero-order valence-electron chi connectivity index (χ0n) is 5.00. The second-order valence-corrected chi connectivity index (χ2v) is 2.10. The molecular weight excluding hydrogens is 163 g/mol. The molecule has 3 nitrogen and oxygen atoms in total. The largest absolute Gasteiger partial charge is 0.364 e. The van der Waals surface area contributed by atoms with Crippen molar-refractivity contribution >= 4 is 68.6 Å². The van der Waals surface area contributed by atoms with Gasteiger partial charge in [-0.2, -0.15) is 0 Å². The first-order chi connectivity index (χ1) is 3.80. The second kappa shape index (κ2) is 4.54. The summed E-state index contributed by atoms with van der Waals surface area (Å²) in [5.74, 6) is -0.458. The van der Waals surface area contributed by atoms with Gasteiger partial charge in [0.1, 0.15) is 0 Å². The van der Waals surface area contributed by atoms with E-state index in [9.17, 15) is 4.79 Å². The van der Waals surface area contributed by atoms with E-state index in [1.54, 1.807) is 11.6 Å². The number of thiazole rings is 1. The van der Waals surface area contributed by atoms with Crippen LogP contribution in [0.15, 0.2) is 11.6 Å². The minimum absolute atomic E-state index is 0. The standard InChI is InChI=1S/C4H4N2OS.K/c5-3(7)4-6-1-2-8-4;/h1-2H,(H2,5,7);. The molecular formula is C4H4KN2OS. The average Bonchev–Trinajstić information content (AvgIpc) is 2.12. The van der Waals surface area contributed by atoms with Gasteiger partial charge in [-0.3, -0.25) is 4.79 Å². The molecule has 0 aliphatic rings. The molecule has 0 unspecified atom stereocenters. The Balaban J connectivity index is 0.000000640. The fraction of sp³-hybridized carbons (Fsp3) is 0. The summed E-state index contributed by atoms with van der Waals surface area (Å²) >= 11 is 1.25. The van der Waals surface area contributed by atoms with Crippen LogP contribution in [-0.2, 0) is 0 Å². The van der Waals surface area contributed by atoms with Crippen molar-refractivity contribution in [2.45, 2.75) is 0 Å². The molecule has 5 heteroatoms.